The predicted molar refractivity (Wildman–Crippen MR) is 77.4 cm³/mol. The van der Waals surface area contributed by atoms with Crippen LogP contribution in [0.15, 0.2) is 34.9 Å². The monoisotopic (exact) mass is 292 g/mol. The van der Waals surface area contributed by atoms with E-state index in [1.165, 1.54) is 0 Å². The average molecular weight is 292 g/mol. The molecule has 0 radical (unpaired) electrons. The molecule has 1 saturated heterocycles. The number of benzene rings is 1. The fourth-order valence-corrected chi connectivity index (χ4v) is 4.05. The van der Waals surface area contributed by atoms with E-state index in [2.05, 4.69) is 10.3 Å². The van der Waals surface area contributed by atoms with Gasteiger partial charge in [-0.3, -0.25) is 0 Å². The summed E-state index contributed by atoms with van der Waals surface area (Å²) in [6.07, 6.45) is 2.30. The maximum absolute atomic E-state index is 11.4. The summed E-state index contributed by atoms with van der Waals surface area (Å²) in [5, 5.41) is 3.26. The summed E-state index contributed by atoms with van der Waals surface area (Å²) in [5.74, 6) is 1.14. The molecule has 1 aliphatic heterocycles. The van der Waals surface area contributed by atoms with Crippen LogP contribution in [0.4, 0.5) is 5.69 Å². The fourth-order valence-electron chi connectivity index (χ4n) is 2.38. The van der Waals surface area contributed by atoms with Crippen LogP contribution in [0.3, 0.4) is 0 Å². The van der Waals surface area contributed by atoms with Crippen LogP contribution < -0.4 is 5.32 Å². The molecule has 0 saturated carbocycles. The predicted octanol–water partition coefficient (Wildman–Crippen LogP) is 2.25. The second kappa shape index (κ2) is 4.94. The number of oxazole rings is 1. The molecule has 3 rings (SSSR count). The average Bonchev–Trinajstić information content (AvgIpc) is 2.97. The molecule has 1 unspecified atom stereocenters. The Morgan fingerprint density at radius 1 is 1.30 bits per heavy atom. The number of hydrogen-bond donors (Lipinski definition) is 1. The summed E-state index contributed by atoms with van der Waals surface area (Å²) < 4.78 is 28.0. The molecule has 2 heterocycles. The Hall–Kier alpha value is -1.82. The van der Waals surface area contributed by atoms with E-state index in [1.54, 1.807) is 13.2 Å². The summed E-state index contributed by atoms with van der Waals surface area (Å²) in [5.41, 5.74) is 2.71. The zero-order valence-corrected chi connectivity index (χ0v) is 12.0. The molecule has 106 valence electrons. The van der Waals surface area contributed by atoms with Gasteiger partial charge in [0.15, 0.2) is 15.7 Å². The third-order valence-corrected chi connectivity index (χ3v) is 5.17. The van der Waals surface area contributed by atoms with Gasteiger partial charge in [0.2, 0.25) is 0 Å². The lowest BCUT2D eigenvalue weighted by Crippen LogP contribution is -2.20. The van der Waals surface area contributed by atoms with Crippen molar-refractivity contribution < 1.29 is 12.8 Å². The van der Waals surface area contributed by atoms with Crippen molar-refractivity contribution in [3.05, 3.63) is 36.4 Å². The van der Waals surface area contributed by atoms with E-state index in [9.17, 15) is 8.42 Å². The molecule has 0 aliphatic carbocycles. The maximum atomic E-state index is 11.4. The van der Waals surface area contributed by atoms with Crippen molar-refractivity contribution in [1.29, 1.82) is 0 Å². The number of anilines is 1. The van der Waals surface area contributed by atoms with Crippen molar-refractivity contribution >= 4 is 15.5 Å². The van der Waals surface area contributed by atoms with Crippen LogP contribution >= 0.6 is 0 Å². The summed E-state index contributed by atoms with van der Waals surface area (Å²) in [7, 11) is -2.85. The highest BCUT2D eigenvalue weighted by molar-refractivity contribution is 7.91. The number of rotatable bonds is 3. The minimum Gasteiger partial charge on any atom is -0.449 e. The van der Waals surface area contributed by atoms with Crippen LogP contribution in [-0.2, 0) is 9.84 Å². The minimum atomic E-state index is -2.85. The molecule has 1 aromatic heterocycles. The molecule has 0 spiro atoms. The lowest BCUT2D eigenvalue weighted by atomic mass is 10.1. The van der Waals surface area contributed by atoms with Gasteiger partial charge in [-0.2, -0.15) is 0 Å². The van der Waals surface area contributed by atoms with Crippen LogP contribution in [0.5, 0.6) is 0 Å². The number of aryl methyl sites for hydroxylation is 1. The van der Waals surface area contributed by atoms with Crippen LogP contribution in [0.25, 0.3) is 11.3 Å². The van der Waals surface area contributed by atoms with Crippen molar-refractivity contribution in [3.63, 3.8) is 0 Å². The van der Waals surface area contributed by atoms with E-state index in [0.29, 0.717) is 12.3 Å². The van der Waals surface area contributed by atoms with Crippen molar-refractivity contribution in [3.8, 4) is 11.3 Å². The highest BCUT2D eigenvalue weighted by Crippen LogP contribution is 2.22. The Labute approximate surface area is 117 Å². The van der Waals surface area contributed by atoms with Crippen LogP contribution in [0.2, 0.25) is 0 Å². The molecule has 1 aromatic carbocycles. The van der Waals surface area contributed by atoms with E-state index in [4.69, 9.17) is 4.42 Å². The number of hydrogen-bond acceptors (Lipinski definition) is 5. The third-order valence-electron chi connectivity index (χ3n) is 3.40. The zero-order chi connectivity index (χ0) is 14.2. The molecule has 0 amide bonds. The van der Waals surface area contributed by atoms with Gasteiger partial charge in [-0.15, -0.1) is 0 Å². The molecule has 6 heteroatoms. The molecule has 1 fully saturated rings. The van der Waals surface area contributed by atoms with E-state index in [0.717, 1.165) is 16.9 Å². The second-order valence-electron chi connectivity index (χ2n) is 5.07. The van der Waals surface area contributed by atoms with E-state index < -0.39 is 9.84 Å². The topological polar surface area (TPSA) is 72.2 Å². The molecule has 0 bridgehead atoms. The van der Waals surface area contributed by atoms with Gasteiger partial charge in [0, 0.05) is 24.2 Å². The quantitative estimate of drug-likeness (QED) is 0.939. The van der Waals surface area contributed by atoms with E-state index in [1.807, 2.05) is 24.3 Å². The van der Waals surface area contributed by atoms with Gasteiger partial charge in [0.1, 0.15) is 12.0 Å². The number of nitrogens with zero attached hydrogens (tertiary/aromatic N) is 1. The normalized spacial score (nSPS) is 20.9. The Morgan fingerprint density at radius 3 is 2.60 bits per heavy atom. The first-order valence-corrected chi connectivity index (χ1v) is 8.33. The summed E-state index contributed by atoms with van der Waals surface area (Å²) >= 11 is 0. The number of nitrogens with one attached hydrogen (secondary N) is 1. The van der Waals surface area contributed by atoms with Gasteiger partial charge in [-0.25, -0.2) is 13.4 Å². The summed E-state index contributed by atoms with van der Waals surface area (Å²) in [4.78, 5) is 4.27. The Morgan fingerprint density at radius 2 is 2.05 bits per heavy atom. The minimum absolute atomic E-state index is 0.0140. The van der Waals surface area contributed by atoms with Gasteiger partial charge in [0.05, 0.1) is 11.5 Å². The van der Waals surface area contributed by atoms with Crippen LogP contribution in [0, 0.1) is 6.92 Å². The van der Waals surface area contributed by atoms with Gasteiger partial charge in [0.25, 0.3) is 0 Å². The SMILES string of the molecule is Cc1nc(-c2ccc(NC3CCS(=O)(=O)C3)cc2)co1. The standard InChI is InChI=1S/C14H16N2O3S/c1-10-15-14(8-19-10)11-2-4-12(5-3-11)16-13-6-7-20(17,18)9-13/h2-5,8,13,16H,6-7,9H2,1H3. The lowest BCUT2D eigenvalue weighted by Gasteiger charge is -2.12. The van der Waals surface area contributed by atoms with Crippen molar-refractivity contribution in [2.24, 2.45) is 0 Å². The zero-order valence-electron chi connectivity index (χ0n) is 11.2. The molecule has 1 atom stereocenters. The summed E-state index contributed by atoms with van der Waals surface area (Å²) in [6.45, 7) is 1.81. The maximum Gasteiger partial charge on any atom is 0.191 e. The largest absolute Gasteiger partial charge is 0.449 e. The van der Waals surface area contributed by atoms with Crippen molar-refractivity contribution in [2.45, 2.75) is 19.4 Å². The van der Waals surface area contributed by atoms with Gasteiger partial charge in [-0.1, -0.05) is 12.1 Å². The molecule has 20 heavy (non-hydrogen) atoms. The van der Waals surface area contributed by atoms with E-state index >= 15 is 0 Å². The highest BCUT2D eigenvalue weighted by Gasteiger charge is 2.27. The highest BCUT2D eigenvalue weighted by atomic mass is 32.2. The van der Waals surface area contributed by atoms with Crippen molar-refractivity contribution in [1.82, 2.24) is 4.98 Å². The van der Waals surface area contributed by atoms with Gasteiger partial charge < -0.3 is 9.73 Å². The lowest BCUT2D eigenvalue weighted by molar-refractivity contribution is 0.521. The van der Waals surface area contributed by atoms with Crippen molar-refractivity contribution in [2.75, 3.05) is 16.8 Å². The molecule has 1 aliphatic rings. The molecule has 1 N–H and O–H groups in total. The van der Waals surface area contributed by atoms with Gasteiger partial charge >= 0.3 is 0 Å². The molecule has 5 nitrogen and oxygen atoms in total. The molecule has 2 aromatic rings. The van der Waals surface area contributed by atoms with Crippen LogP contribution in [-0.4, -0.2) is 30.9 Å². The van der Waals surface area contributed by atoms with E-state index in [-0.39, 0.29) is 17.5 Å². The van der Waals surface area contributed by atoms with Gasteiger partial charge in [-0.05, 0) is 18.6 Å². The van der Waals surface area contributed by atoms with Crippen LogP contribution in [0.1, 0.15) is 12.3 Å². The Bertz CT molecular complexity index is 704. The second-order valence-corrected chi connectivity index (χ2v) is 7.30. The Kier molecular flexibility index (Phi) is 3.25. The number of aromatic nitrogens is 1. The Balaban J connectivity index is 1.71. The third kappa shape index (κ3) is 2.85. The smallest absolute Gasteiger partial charge is 0.191 e. The molecular formula is C14H16N2O3S. The molecular weight excluding hydrogens is 276 g/mol. The fraction of sp³-hybridized carbons (Fsp3) is 0.357. The first-order valence-electron chi connectivity index (χ1n) is 6.51. The first-order chi connectivity index (χ1) is 9.52. The number of sulfone groups is 1. The first kappa shape index (κ1) is 13.2. The summed E-state index contributed by atoms with van der Waals surface area (Å²) in [6, 6.07) is 7.78.